The average Bonchev–Trinajstić information content (AvgIpc) is 2.46. The number of fused-ring (bicyclic) bond motifs is 1. The summed E-state index contributed by atoms with van der Waals surface area (Å²) in [5.74, 6) is 0.601. The Labute approximate surface area is 63.2 Å². The Morgan fingerprint density at radius 3 is 3.18 bits per heavy atom. The van der Waals surface area contributed by atoms with Gasteiger partial charge in [-0.15, -0.1) is 9.73 Å². The van der Waals surface area contributed by atoms with Gasteiger partial charge in [0.1, 0.15) is 0 Å². The van der Waals surface area contributed by atoms with Gasteiger partial charge in [-0.05, 0) is 18.2 Å². The van der Waals surface area contributed by atoms with Gasteiger partial charge >= 0.3 is 0 Å². The lowest BCUT2D eigenvalue weighted by molar-refractivity contribution is 0.796. The predicted molar refractivity (Wildman–Crippen MR) is 40.9 cm³/mol. The molecule has 0 aliphatic carbocycles. The van der Waals surface area contributed by atoms with Gasteiger partial charge in [0.05, 0.1) is 0 Å². The third kappa shape index (κ3) is 0.881. The van der Waals surface area contributed by atoms with Crippen LogP contribution in [0.15, 0.2) is 24.9 Å². The van der Waals surface area contributed by atoms with Crippen LogP contribution >= 0.6 is 0 Å². The molecule has 0 spiro atoms. The van der Waals surface area contributed by atoms with E-state index in [0.717, 1.165) is 5.65 Å². The molecule has 2 heterocycles. The van der Waals surface area contributed by atoms with E-state index in [-0.39, 0.29) is 0 Å². The van der Waals surface area contributed by atoms with E-state index in [4.69, 9.17) is 0 Å². The molecule has 0 aliphatic rings. The Balaban J connectivity index is 2.78. The molecule has 2 rings (SSSR count). The van der Waals surface area contributed by atoms with E-state index in [1.807, 2.05) is 12.1 Å². The zero-order valence-corrected chi connectivity index (χ0v) is 5.81. The van der Waals surface area contributed by atoms with E-state index in [1.165, 1.54) is 4.63 Å². The van der Waals surface area contributed by atoms with Crippen molar-refractivity contribution in [2.45, 2.75) is 0 Å². The first-order valence-electron chi connectivity index (χ1n) is 3.20. The summed E-state index contributed by atoms with van der Waals surface area (Å²) >= 11 is 0. The fraction of sp³-hybridized carbons (Fsp3) is 0. The molecule has 0 aromatic carbocycles. The molecule has 0 N–H and O–H groups in total. The summed E-state index contributed by atoms with van der Waals surface area (Å²) < 4.78 is 1.47. The maximum absolute atomic E-state index is 4.10. The topological polar surface area (TPSA) is 43.1 Å². The molecule has 54 valence electrons. The van der Waals surface area contributed by atoms with Gasteiger partial charge in [0.15, 0.2) is 11.5 Å². The van der Waals surface area contributed by atoms with Gasteiger partial charge in [-0.2, -0.15) is 5.10 Å². The van der Waals surface area contributed by atoms with Crippen molar-refractivity contribution in [3.63, 3.8) is 0 Å². The quantitative estimate of drug-likeness (QED) is 0.596. The Bertz CT molecular complexity index is 357. The van der Waals surface area contributed by atoms with Crippen LogP contribution in [0.4, 0.5) is 0 Å². The van der Waals surface area contributed by atoms with Crippen LogP contribution in [0.3, 0.4) is 0 Å². The molecule has 0 saturated heterocycles. The van der Waals surface area contributed by atoms with Gasteiger partial charge in [0.2, 0.25) is 0 Å². The van der Waals surface area contributed by atoms with Gasteiger partial charge in [0.25, 0.3) is 0 Å². The zero-order chi connectivity index (χ0) is 7.68. The van der Waals surface area contributed by atoms with Crippen LogP contribution < -0.4 is 0 Å². The standard InChI is InChI=1S/C7H6N4/c1-2-6-9-7-4-3-5-8-11(7)10-6/h2-5H,1H2. The van der Waals surface area contributed by atoms with Gasteiger partial charge in [-0.3, -0.25) is 0 Å². The number of hydrogen-bond donors (Lipinski definition) is 0. The molecule has 0 unspecified atom stereocenters. The molecular formula is C7H6N4. The molecule has 0 fully saturated rings. The molecule has 2 aromatic heterocycles. The number of aromatic nitrogens is 4. The Kier molecular flexibility index (Phi) is 1.18. The fourth-order valence-electron chi connectivity index (χ4n) is 0.839. The van der Waals surface area contributed by atoms with Crippen molar-refractivity contribution >= 4 is 11.7 Å². The number of rotatable bonds is 1. The maximum Gasteiger partial charge on any atom is 0.176 e. The second-order valence-corrected chi connectivity index (χ2v) is 2.05. The molecule has 2 aromatic rings. The third-order valence-corrected chi connectivity index (χ3v) is 1.32. The Morgan fingerprint density at radius 2 is 2.45 bits per heavy atom. The van der Waals surface area contributed by atoms with E-state index in [9.17, 15) is 0 Å². The van der Waals surface area contributed by atoms with Gasteiger partial charge in [-0.25, -0.2) is 4.98 Å². The van der Waals surface area contributed by atoms with E-state index < -0.39 is 0 Å². The lowest BCUT2D eigenvalue weighted by atomic mass is 10.5. The van der Waals surface area contributed by atoms with Crippen molar-refractivity contribution in [3.8, 4) is 0 Å². The highest BCUT2D eigenvalue weighted by molar-refractivity contribution is 5.43. The van der Waals surface area contributed by atoms with Crippen molar-refractivity contribution in [1.29, 1.82) is 0 Å². The summed E-state index contributed by atoms with van der Waals surface area (Å²) in [6.07, 6.45) is 3.25. The minimum absolute atomic E-state index is 0.601. The molecule has 0 amide bonds. The smallest absolute Gasteiger partial charge is 0.176 e. The summed E-state index contributed by atoms with van der Waals surface area (Å²) in [7, 11) is 0. The maximum atomic E-state index is 4.10. The molecule has 0 radical (unpaired) electrons. The first kappa shape index (κ1) is 6.03. The Hall–Kier alpha value is -1.71. The third-order valence-electron chi connectivity index (χ3n) is 1.32. The van der Waals surface area contributed by atoms with Gasteiger partial charge in [0, 0.05) is 6.20 Å². The van der Waals surface area contributed by atoms with Crippen LogP contribution in [0.5, 0.6) is 0 Å². The van der Waals surface area contributed by atoms with E-state index >= 15 is 0 Å². The lowest BCUT2D eigenvalue weighted by Gasteiger charge is -1.83. The molecule has 4 nitrogen and oxygen atoms in total. The van der Waals surface area contributed by atoms with Crippen LogP contribution in [0.1, 0.15) is 5.82 Å². The zero-order valence-electron chi connectivity index (χ0n) is 5.81. The molecule has 4 heteroatoms. The molecule has 0 aliphatic heterocycles. The summed E-state index contributed by atoms with van der Waals surface area (Å²) in [6, 6.07) is 3.66. The van der Waals surface area contributed by atoms with E-state index in [1.54, 1.807) is 12.3 Å². The van der Waals surface area contributed by atoms with Crippen molar-refractivity contribution in [3.05, 3.63) is 30.7 Å². The molecule has 0 saturated carbocycles. The van der Waals surface area contributed by atoms with Crippen molar-refractivity contribution in [2.75, 3.05) is 0 Å². The highest BCUT2D eigenvalue weighted by Crippen LogP contribution is 1.97. The van der Waals surface area contributed by atoms with Crippen LogP contribution in [0.2, 0.25) is 0 Å². The highest BCUT2D eigenvalue weighted by atomic mass is 15.4. The summed E-state index contributed by atoms with van der Waals surface area (Å²) in [4.78, 5) is 4.10. The van der Waals surface area contributed by atoms with Crippen LogP contribution in [0.25, 0.3) is 11.7 Å². The summed E-state index contributed by atoms with van der Waals surface area (Å²) in [5, 5.41) is 7.95. The summed E-state index contributed by atoms with van der Waals surface area (Å²) in [6.45, 7) is 3.56. The number of hydrogen-bond acceptors (Lipinski definition) is 3. The second-order valence-electron chi connectivity index (χ2n) is 2.05. The van der Waals surface area contributed by atoms with Crippen molar-refractivity contribution in [1.82, 2.24) is 19.8 Å². The first-order chi connectivity index (χ1) is 5.40. The largest absolute Gasteiger partial charge is 0.206 e. The minimum atomic E-state index is 0.601. The molecular weight excluding hydrogens is 140 g/mol. The Morgan fingerprint density at radius 1 is 1.55 bits per heavy atom. The molecule has 0 atom stereocenters. The SMILES string of the molecule is C=Cc1nc2cccnn2n1. The minimum Gasteiger partial charge on any atom is -0.206 e. The monoisotopic (exact) mass is 146 g/mol. The summed E-state index contributed by atoms with van der Waals surface area (Å²) in [5.41, 5.74) is 0.738. The van der Waals surface area contributed by atoms with Crippen LogP contribution in [-0.2, 0) is 0 Å². The predicted octanol–water partition coefficient (Wildman–Crippen LogP) is 0.767. The lowest BCUT2D eigenvalue weighted by Crippen LogP contribution is -1.90. The average molecular weight is 146 g/mol. The van der Waals surface area contributed by atoms with Gasteiger partial charge in [-0.1, -0.05) is 6.58 Å². The molecule has 11 heavy (non-hydrogen) atoms. The first-order valence-corrected chi connectivity index (χ1v) is 3.20. The van der Waals surface area contributed by atoms with Crippen LogP contribution in [0, 0.1) is 0 Å². The molecule has 0 bridgehead atoms. The normalized spacial score (nSPS) is 10.2. The van der Waals surface area contributed by atoms with E-state index in [0.29, 0.717) is 5.82 Å². The van der Waals surface area contributed by atoms with E-state index in [2.05, 4.69) is 21.8 Å². The fourth-order valence-corrected chi connectivity index (χ4v) is 0.839. The highest BCUT2D eigenvalue weighted by Gasteiger charge is 1.97. The van der Waals surface area contributed by atoms with Crippen molar-refractivity contribution < 1.29 is 0 Å². The van der Waals surface area contributed by atoms with Gasteiger partial charge < -0.3 is 0 Å². The number of nitrogens with zero attached hydrogens (tertiary/aromatic N) is 4. The van der Waals surface area contributed by atoms with Crippen LogP contribution in [-0.4, -0.2) is 19.8 Å². The second kappa shape index (κ2) is 2.16. The van der Waals surface area contributed by atoms with Crippen molar-refractivity contribution in [2.24, 2.45) is 0 Å².